The van der Waals surface area contributed by atoms with Crippen molar-refractivity contribution in [3.8, 4) is 11.3 Å². The van der Waals surface area contributed by atoms with Crippen LogP contribution in [-0.4, -0.2) is 4.98 Å². The fourth-order valence-electron chi connectivity index (χ4n) is 1.75. The molecule has 0 aliphatic rings. The summed E-state index contributed by atoms with van der Waals surface area (Å²) in [5.74, 6) is 0. The summed E-state index contributed by atoms with van der Waals surface area (Å²) in [6.45, 7) is 4.04. The van der Waals surface area contributed by atoms with Crippen LogP contribution in [0.2, 0.25) is 5.02 Å². The highest BCUT2D eigenvalue weighted by atomic mass is 35.5. The number of benzene rings is 1. The summed E-state index contributed by atoms with van der Waals surface area (Å²) in [5.41, 5.74) is 10.4. The zero-order chi connectivity index (χ0) is 11.7. The van der Waals surface area contributed by atoms with Gasteiger partial charge in [-0.25, -0.2) is 0 Å². The highest BCUT2D eigenvalue weighted by molar-refractivity contribution is 6.30. The molecule has 1 unspecified atom stereocenters. The van der Waals surface area contributed by atoms with Gasteiger partial charge in [-0.2, -0.15) is 0 Å². The lowest BCUT2D eigenvalue weighted by atomic mass is 10.1. The zero-order valence-corrected chi connectivity index (χ0v) is 10.2. The van der Waals surface area contributed by atoms with Gasteiger partial charge in [0, 0.05) is 22.5 Å². The summed E-state index contributed by atoms with van der Waals surface area (Å²) < 4.78 is 0. The molecule has 84 valence electrons. The van der Waals surface area contributed by atoms with Crippen molar-refractivity contribution < 1.29 is 0 Å². The minimum absolute atomic E-state index is 0.0275. The average Bonchev–Trinajstić information content (AvgIpc) is 2.62. The largest absolute Gasteiger partial charge is 0.357 e. The molecule has 0 aliphatic heterocycles. The second kappa shape index (κ2) is 4.32. The van der Waals surface area contributed by atoms with Gasteiger partial charge in [-0.3, -0.25) is 0 Å². The van der Waals surface area contributed by atoms with Gasteiger partial charge in [-0.15, -0.1) is 0 Å². The van der Waals surface area contributed by atoms with Crippen LogP contribution < -0.4 is 5.73 Å². The van der Waals surface area contributed by atoms with Crippen molar-refractivity contribution in [3.63, 3.8) is 0 Å². The lowest BCUT2D eigenvalue weighted by Gasteiger charge is -2.02. The van der Waals surface area contributed by atoms with E-state index in [4.69, 9.17) is 17.3 Å². The Labute approximate surface area is 100 Å². The molecule has 0 spiro atoms. The third-order valence-corrected chi connectivity index (χ3v) is 2.91. The van der Waals surface area contributed by atoms with Crippen molar-refractivity contribution in [2.24, 2.45) is 5.73 Å². The Morgan fingerprint density at radius 1 is 1.25 bits per heavy atom. The van der Waals surface area contributed by atoms with Crippen molar-refractivity contribution in [2.75, 3.05) is 0 Å². The number of rotatable bonds is 2. The second-order valence-electron chi connectivity index (χ2n) is 4.08. The number of aromatic nitrogens is 1. The van der Waals surface area contributed by atoms with Gasteiger partial charge < -0.3 is 10.7 Å². The number of H-pyrrole nitrogens is 1. The first-order valence-corrected chi connectivity index (χ1v) is 5.67. The van der Waals surface area contributed by atoms with Crippen LogP contribution in [0.5, 0.6) is 0 Å². The Morgan fingerprint density at radius 2 is 1.88 bits per heavy atom. The van der Waals surface area contributed by atoms with E-state index in [0.29, 0.717) is 0 Å². The van der Waals surface area contributed by atoms with Gasteiger partial charge in [-0.1, -0.05) is 23.7 Å². The topological polar surface area (TPSA) is 41.8 Å². The first kappa shape index (κ1) is 11.2. The third-order valence-electron chi connectivity index (χ3n) is 2.66. The van der Waals surface area contributed by atoms with Crippen LogP contribution in [0, 0.1) is 6.92 Å². The lowest BCUT2D eigenvalue weighted by Crippen LogP contribution is -2.04. The van der Waals surface area contributed by atoms with E-state index in [0.717, 1.165) is 22.0 Å². The molecule has 3 N–H and O–H groups in total. The van der Waals surface area contributed by atoms with Gasteiger partial charge in [0.2, 0.25) is 0 Å². The number of aromatic amines is 1. The molecule has 1 aromatic heterocycles. The van der Waals surface area contributed by atoms with E-state index in [1.807, 2.05) is 31.2 Å². The maximum atomic E-state index is 5.86. The molecular formula is C13H15ClN2. The molecule has 0 saturated carbocycles. The predicted octanol–water partition coefficient (Wildman–Crippen LogP) is 3.66. The molecule has 1 atom stereocenters. The summed E-state index contributed by atoms with van der Waals surface area (Å²) in [6, 6.07) is 9.91. The van der Waals surface area contributed by atoms with Gasteiger partial charge in [0.15, 0.2) is 0 Å². The Kier molecular flexibility index (Phi) is 3.03. The van der Waals surface area contributed by atoms with Crippen molar-refractivity contribution in [3.05, 3.63) is 46.6 Å². The Hall–Kier alpha value is -1.25. The first-order chi connectivity index (χ1) is 7.58. The lowest BCUT2D eigenvalue weighted by molar-refractivity contribution is 0.790. The van der Waals surface area contributed by atoms with Crippen LogP contribution in [0.3, 0.4) is 0 Å². The van der Waals surface area contributed by atoms with E-state index in [-0.39, 0.29) is 6.04 Å². The molecule has 2 nitrogen and oxygen atoms in total. The Morgan fingerprint density at radius 3 is 2.38 bits per heavy atom. The molecular weight excluding hydrogens is 220 g/mol. The highest BCUT2D eigenvalue weighted by Gasteiger charge is 2.08. The minimum atomic E-state index is 0.0275. The normalized spacial score (nSPS) is 12.8. The molecule has 3 heteroatoms. The molecule has 1 heterocycles. The van der Waals surface area contributed by atoms with Crippen LogP contribution >= 0.6 is 11.6 Å². The monoisotopic (exact) mass is 234 g/mol. The Balaban J connectivity index is 2.44. The summed E-state index contributed by atoms with van der Waals surface area (Å²) in [5, 5.41) is 0.750. The summed E-state index contributed by atoms with van der Waals surface area (Å²) in [4.78, 5) is 3.35. The number of aryl methyl sites for hydroxylation is 1. The fraction of sp³-hybridized carbons (Fsp3) is 0.231. The molecule has 0 saturated heterocycles. The molecule has 0 aliphatic carbocycles. The zero-order valence-electron chi connectivity index (χ0n) is 9.42. The molecule has 0 bridgehead atoms. The van der Waals surface area contributed by atoms with Crippen molar-refractivity contribution in [2.45, 2.75) is 19.9 Å². The Bertz CT molecular complexity index is 483. The summed E-state index contributed by atoms with van der Waals surface area (Å²) in [7, 11) is 0. The predicted molar refractivity (Wildman–Crippen MR) is 68.6 cm³/mol. The van der Waals surface area contributed by atoms with Gasteiger partial charge in [0.1, 0.15) is 0 Å². The quantitative estimate of drug-likeness (QED) is 0.818. The maximum Gasteiger partial charge on any atom is 0.0486 e. The standard InChI is InChI=1S/C13H15ClN2/c1-8-7-12(9(2)15)16-13(8)10-3-5-11(14)6-4-10/h3-7,9,16H,15H2,1-2H3. The third kappa shape index (κ3) is 2.13. The number of hydrogen-bond donors (Lipinski definition) is 2. The van der Waals surface area contributed by atoms with Crippen LogP contribution in [0.1, 0.15) is 24.2 Å². The van der Waals surface area contributed by atoms with Crippen LogP contribution in [-0.2, 0) is 0 Å². The molecule has 0 fully saturated rings. The molecule has 16 heavy (non-hydrogen) atoms. The second-order valence-corrected chi connectivity index (χ2v) is 4.51. The van der Waals surface area contributed by atoms with Crippen LogP contribution in [0.15, 0.2) is 30.3 Å². The van der Waals surface area contributed by atoms with Crippen molar-refractivity contribution in [1.29, 1.82) is 0 Å². The minimum Gasteiger partial charge on any atom is -0.357 e. The smallest absolute Gasteiger partial charge is 0.0486 e. The molecule has 2 rings (SSSR count). The van der Waals surface area contributed by atoms with E-state index in [2.05, 4.69) is 18.0 Å². The highest BCUT2D eigenvalue weighted by Crippen LogP contribution is 2.26. The number of nitrogens with one attached hydrogen (secondary N) is 1. The van der Waals surface area contributed by atoms with Gasteiger partial charge >= 0.3 is 0 Å². The van der Waals surface area contributed by atoms with E-state index in [1.165, 1.54) is 5.56 Å². The van der Waals surface area contributed by atoms with Crippen LogP contribution in [0.4, 0.5) is 0 Å². The summed E-state index contributed by atoms with van der Waals surface area (Å²) in [6.07, 6.45) is 0. The van der Waals surface area contributed by atoms with E-state index < -0.39 is 0 Å². The summed E-state index contributed by atoms with van der Waals surface area (Å²) >= 11 is 5.86. The van der Waals surface area contributed by atoms with E-state index in [1.54, 1.807) is 0 Å². The first-order valence-electron chi connectivity index (χ1n) is 5.29. The molecule has 0 amide bonds. The number of nitrogens with two attached hydrogens (primary N) is 1. The molecule has 0 radical (unpaired) electrons. The van der Waals surface area contributed by atoms with Crippen molar-refractivity contribution >= 4 is 11.6 Å². The SMILES string of the molecule is Cc1cc(C(C)N)[nH]c1-c1ccc(Cl)cc1. The maximum absolute atomic E-state index is 5.86. The molecule has 1 aromatic carbocycles. The van der Waals surface area contributed by atoms with Crippen molar-refractivity contribution in [1.82, 2.24) is 4.98 Å². The number of halogens is 1. The fourth-order valence-corrected chi connectivity index (χ4v) is 1.87. The average molecular weight is 235 g/mol. The van der Waals surface area contributed by atoms with Crippen LogP contribution in [0.25, 0.3) is 11.3 Å². The van der Waals surface area contributed by atoms with E-state index in [9.17, 15) is 0 Å². The van der Waals surface area contributed by atoms with Gasteiger partial charge in [0.05, 0.1) is 0 Å². The molecule has 2 aromatic rings. The number of hydrogen-bond acceptors (Lipinski definition) is 1. The van der Waals surface area contributed by atoms with Gasteiger partial charge in [0.25, 0.3) is 0 Å². The van der Waals surface area contributed by atoms with E-state index >= 15 is 0 Å². The van der Waals surface area contributed by atoms with Gasteiger partial charge in [-0.05, 0) is 43.2 Å².